The summed E-state index contributed by atoms with van der Waals surface area (Å²) >= 11 is 0. The third-order valence-corrected chi connectivity index (χ3v) is 4.71. The monoisotopic (exact) mass is 418 g/mol. The molecule has 0 unspecified atom stereocenters. The first kappa shape index (κ1) is 25.5. The van der Waals surface area contributed by atoms with Crippen molar-refractivity contribution in [3.63, 3.8) is 0 Å². The molecule has 2 amide bonds. The predicted octanol–water partition coefficient (Wildman–Crippen LogP) is 2.19. The highest BCUT2D eigenvalue weighted by Gasteiger charge is 2.20. The van der Waals surface area contributed by atoms with Gasteiger partial charge in [0, 0.05) is 32.4 Å². The maximum atomic E-state index is 12.3. The smallest absolute Gasteiger partial charge is 0.242 e. The van der Waals surface area contributed by atoms with Gasteiger partial charge in [-0.3, -0.25) is 9.59 Å². The Balaban J connectivity index is 0.00000338. The molecule has 1 atom stereocenters. The number of hydrogen-bond acceptors (Lipinski definition) is 4. The molecule has 0 aliphatic carbocycles. The van der Waals surface area contributed by atoms with Crippen LogP contribution in [0.3, 0.4) is 0 Å². The second kappa shape index (κ2) is 12.1. The number of nitrogens with zero attached hydrogens (tertiary/aromatic N) is 2. The number of benzene rings is 1. The van der Waals surface area contributed by atoms with Crippen LogP contribution < -0.4 is 16.0 Å². The molecule has 154 valence electrons. The highest BCUT2D eigenvalue weighted by molar-refractivity contribution is 5.87. The van der Waals surface area contributed by atoms with Crippen molar-refractivity contribution < 1.29 is 9.59 Å². The summed E-state index contributed by atoms with van der Waals surface area (Å²) in [7, 11) is 1.76. The van der Waals surface area contributed by atoms with Gasteiger partial charge in [-0.1, -0.05) is 32.0 Å². The molecule has 1 aromatic carbocycles. The quantitative estimate of drug-likeness (QED) is 0.710. The standard InChI is InChI=1S/C19H30N4O2.2ClH/c1-14(2)18(20)19(25)21-12-17(24)22(3)13-15-8-4-5-9-16(15)23-10-6-7-11-23;;/h4-5,8-9,14,18H,6-7,10-13,20H2,1-3H3,(H,21,25);2*1H/t18-;;/m0../s1. The van der Waals surface area contributed by atoms with Crippen LogP contribution in [0, 0.1) is 5.92 Å². The van der Waals surface area contributed by atoms with Crippen LogP contribution in [0.2, 0.25) is 0 Å². The third kappa shape index (κ3) is 7.20. The number of halogens is 2. The van der Waals surface area contributed by atoms with Crippen LogP contribution in [0.5, 0.6) is 0 Å². The number of rotatable bonds is 7. The number of likely N-dealkylation sites (N-methyl/N-ethyl adjacent to an activating group) is 1. The van der Waals surface area contributed by atoms with E-state index in [9.17, 15) is 9.59 Å². The minimum absolute atomic E-state index is 0. The molecule has 27 heavy (non-hydrogen) atoms. The van der Waals surface area contributed by atoms with Gasteiger partial charge in [-0.2, -0.15) is 0 Å². The highest BCUT2D eigenvalue weighted by Crippen LogP contribution is 2.25. The van der Waals surface area contributed by atoms with E-state index in [4.69, 9.17) is 5.73 Å². The number of carbonyl (C=O) groups excluding carboxylic acids is 2. The van der Waals surface area contributed by atoms with E-state index in [-0.39, 0.29) is 49.1 Å². The molecule has 3 N–H and O–H groups in total. The van der Waals surface area contributed by atoms with Crippen molar-refractivity contribution in [3.05, 3.63) is 29.8 Å². The van der Waals surface area contributed by atoms with Crippen molar-refractivity contribution in [2.24, 2.45) is 11.7 Å². The fourth-order valence-corrected chi connectivity index (χ4v) is 2.97. The lowest BCUT2D eigenvalue weighted by Gasteiger charge is -2.25. The SMILES string of the molecule is CC(C)[C@H](N)C(=O)NCC(=O)N(C)Cc1ccccc1N1CCCC1.Cl.Cl. The molecule has 1 heterocycles. The second-order valence-electron chi connectivity index (χ2n) is 7.06. The summed E-state index contributed by atoms with van der Waals surface area (Å²) in [4.78, 5) is 28.2. The molecular weight excluding hydrogens is 387 g/mol. The fourth-order valence-electron chi connectivity index (χ4n) is 2.97. The molecule has 0 bridgehead atoms. The summed E-state index contributed by atoms with van der Waals surface area (Å²) in [6.07, 6.45) is 2.43. The van der Waals surface area contributed by atoms with Crippen LogP contribution in [-0.2, 0) is 16.1 Å². The van der Waals surface area contributed by atoms with E-state index in [1.54, 1.807) is 11.9 Å². The van der Waals surface area contributed by atoms with Gasteiger partial charge in [0.05, 0.1) is 12.6 Å². The van der Waals surface area contributed by atoms with Gasteiger partial charge in [0.1, 0.15) is 0 Å². The highest BCUT2D eigenvalue weighted by atomic mass is 35.5. The zero-order valence-electron chi connectivity index (χ0n) is 16.3. The summed E-state index contributed by atoms with van der Waals surface area (Å²) in [6.45, 7) is 6.40. The number of nitrogens with one attached hydrogen (secondary N) is 1. The van der Waals surface area contributed by atoms with Gasteiger partial charge in [-0.15, -0.1) is 24.8 Å². The van der Waals surface area contributed by atoms with Crippen LogP contribution in [0.25, 0.3) is 0 Å². The van der Waals surface area contributed by atoms with Gasteiger partial charge in [0.15, 0.2) is 0 Å². The largest absolute Gasteiger partial charge is 0.371 e. The molecular formula is C19H32Cl2N4O2. The van der Waals surface area contributed by atoms with Crippen molar-refractivity contribution in [2.45, 2.75) is 39.3 Å². The molecule has 0 radical (unpaired) electrons. The van der Waals surface area contributed by atoms with Crippen LogP contribution in [0.1, 0.15) is 32.3 Å². The lowest BCUT2D eigenvalue weighted by Crippen LogP contribution is -2.47. The third-order valence-electron chi connectivity index (χ3n) is 4.71. The Hall–Kier alpha value is -1.50. The van der Waals surface area contributed by atoms with Crippen LogP contribution in [0.4, 0.5) is 5.69 Å². The average Bonchev–Trinajstić information content (AvgIpc) is 3.13. The Kier molecular flexibility index (Phi) is 11.4. The first-order chi connectivity index (χ1) is 11.9. The molecule has 0 aromatic heterocycles. The summed E-state index contributed by atoms with van der Waals surface area (Å²) in [5.74, 6) is -0.366. The zero-order valence-corrected chi connectivity index (χ0v) is 17.9. The van der Waals surface area contributed by atoms with Crippen LogP contribution >= 0.6 is 24.8 Å². The summed E-state index contributed by atoms with van der Waals surface area (Å²) in [5, 5.41) is 2.63. The van der Waals surface area contributed by atoms with E-state index in [0.29, 0.717) is 6.54 Å². The number of hydrogen-bond donors (Lipinski definition) is 2. The topological polar surface area (TPSA) is 78.7 Å². The van der Waals surface area contributed by atoms with Gasteiger partial charge in [0.2, 0.25) is 11.8 Å². The Bertz CT molecular complexity index is 607. The maximum absolute atomic E-state index is 12.3. The number of nitrogens with two attached hydrogens (primary N) is 1. The van der Waals surface area contributed by atoms with Gasteiger partial charge >= 0.3 is 0 Å². The first-order valence-corrected chi connectivity index (χ1v) is 9.00. The molecule has 0 spiro atoms. The molecule has 6 nitrogen and oxygen atoms in total. The van der Waals surface area contributed by atoms with Gasteiger partial charge in [0.25, 0.3) is 0 Å². The van der Waals surface area contributed by atoms with Crippen LogP contribution in [0.15, 0.2) is 24.3 Å². The molecule has 1 aromatic rings. The molecule has 1 aliphatic rings. The van der Waals surface area contributed by atoms with E-state index < -0.39 is 6.04 Å². The lowest BCUT2D eigenvalue weighted by atomic mass is 10.1. The number of amides is 2. The van der Waals surface area contributed by atoms with E-state index in [1.165, 1.54) is 18.5 Å². The van der Waals surface area contributed by atoms with Gasteiger partial charge < -0.3 is 20.9 Å². The fraction of sp³-hybridized carbons (Fsp3) is 0.579. The van der Waals surface area contributed by atoms with Gasteiger partial charge in [-0.05, 0) is 30.4 Å². The molecule has 8 heteroatoms. The molecule has 1 saturated heterocycles. The maximum Gasteiger partial charge on any atom is 0.242 e. The minimum Gasteiger partial charge on any atom is -0.371 e. The number of para-hydroxylation sites is 1. The van der Waals surface area contributed by atoms with E-state index >= 15 is 0 Å². The van der Waals surface area contributed by atoms with Crippen molar-refractivity contribution >= 4 is 42.3 Å². The van der Waals surface area contributed by atoms with Gasteiger partial charge in [-0.25, -0.2) is 0 Å². The van der Waals surface area contributed by atoms with E-state index in [1.807, 2.05) is 26.0 Å². The Labute approximate surface area is 174 Å². The van der Waals surface area contributed by atoms with Crippen molar-refractivity contribution in [2.75, 3.05) is 31.6 Å². The number of anilines is 1. The van der Waals surface area contributed by atoms with Crippen molar-refractivity contribution in [1.82, 2.24) is 10.2 Å². The lowest BCUT2D eigenvalue weighted by molar-refractivity contribution is -0.132. The zero-order chi connectivity index (χ0) is 18.4. The summed E-state index contributed by atoms with van der Waals surface area (Å²) in [6, 6.07) is 7.62. The Morgan fingerprint density at radius 2 is 1.78 bits per heavy atom. The number of carbonyl (C=O) groups is 2. The molecule has 1 aliphatic heterocycles. The second-order valence-corrected chi connectivity index (χ2v) is 7.06. The normalized spacial score (nSPS) is 14.2. The predicted molar refractivity (Wildman–Crippen MR) is 115 cm³/mol. The van der Waals surface area contributed by atoms with Crippen molar-refractivity contribution in [1.29, 1.82) is 0 Å². The molecule has 2 rings (SSSR count). The first-order valence-electron chi connectivity index (χ1n) is 9.00. The summed E-state index contributed by atoms with van der Waals surface area (Å²) < 4.78 is 0. The molecule has 0 saturated carbocycles. The molecule has 1 fully saturated rings. The van der Waals surface area contributed by atoms with E-state index in [2.05, 4.69) is 22.3 Å². The summed E-state index contributed by atoms with van der Waals surface area (Å²) in [5.41, 5.74) is 8.12. The minimum atomic E-state index is -0.589. The van der Waals surface area contributed by atoms with E-state index in [0.717, 1.165) is 18.7 Å². The average molecular weight is 419 g/mol. The van der Waals surface area contributed by atoms with Crippen LogP contribution in [-0.4, -0.2) is 49.4 Å². The Morgan fingerprint density at radius 1 is 1.19 bits per heavy atom. The van der Waals surface area contributed by atoms with Crippen molar-refractivity contribution in [3.8, 4) is 0 Å². The Morgan fingerprint density at radius 3 is 2.37 bits per heavy atom.